The molecule has 4 nitrogen and oxygen atoms in total. The number of hydrogen-bond donors (Lipinski definition) is 1. The predicted octanol–water partition coefficient (Wildman–Crippen LogP) is 2.82. The van der Waals surface area contributed by atoms with Crippen LogP contribution in [0.4, 0.5) is 5.69 Å². The molecule has 2 aromatic rings. The number of nitrogens with one attached hydrogen (secondary N) is 1. The lowest BCUT2D eigenvalue weighted by molar-refractivity contribution is -0.107. The molecule has 0 amide bonds. The molecule has 0 saturated carbocycles. The summed E-state index contributed by atoms with van der Waals surface area (Å²) >= 11 is 1.69. The summed E-state index contributed by atoms with van der Waals surface area (Å²) in [6.45, 7) is 0. The van der Waals surface area contributed by atoms with Crippen LogP contribution in [0.3, 0.4) is 0 Å². The van der Waals surface area contributed by atoms with E-state index < -0.39 is 0 Å². The van der Waals surface area contributed by atoms with Crippen molar-refractivity contribution in [2.24, 2.45) is 0 Å². The Kier molecular flexibility index (Phi) is 7.97. The van der Waals surface area contributed by atoms with Crippen LogP contribution in [-0.4, -0.2) is 29.9 Å². The number of pyridine rings is 1. The van der Waals surface area contributed by atoms with Gasteiger partial charge in [0.05, 0.1) is 0 Å². The molecule has 1 aromatic carbocycles. The first-order valence-corrected chi connectivity index (χ1v) is 8.00. The van der Waals surface area contributed by atoms with E-state index in [1.54, 1.807) is 34.7 Å². The Bertz CT molecular complexity index is 594. The minimum Gasteiger partial charge on any atom is -0.388 e. The average molecular weight is 304 g/mol. The highest BCUT2D eigenvalue weighted by molar-refractivity contribution is 7.98. The summed E-state index contributed by atoms with van der Waals surface area (Å²) in [6.07, 6.45) is 5.39. The quantitative estimate of drug-likeness (QED) is 0.682. The smallest absolute Gasteiger partial charge is 0.255 e. The van der Waals surface area contributed by atoms with E-state index in [0.717, 1.165) is 23.4 Å². The van der Waals surface area contributed by atoms with Crippen LogP contribution in [0.15, 0.2) is 53.5 Å². The third-order valence-electron chi connectivity index (χ3n) is 2.70. The van der Waals surface area contributed by atoms with Crippen molar-refractivity contribution in [3.8, 4) is 5.69 Å². The maximum absolute atomic E-state index is 11.5. The average Bonchev–Trinajstić information content (AvgIpc) is 2.54. The van der Waals surface area contributed by atoms with Crippen molar-refractivity contribution in [3.63, 3.8) is 0 Å². The lowest BCUT2D eigenvalue weighted by atomic mass is 10.2. The highest BCUT2D eigenvalue weighted by atomic mass is 32.2. The number of carbonyl (C=O) groups excluding carboxylic acids is 1. The molecular weight excluding hydrogens is 284 g/mol. The Labute approximate surface area is 129 Å². The largest absolute Gasteiger partial charge is 0.388 e. The molecule has 0 radical (unpaired) electrons. The first-order valence-electron chi connectivity index (χ1n) is 6.61. The molecule has 0 bridgehead atoms. The van der Waals surface area contributed by atoms with E-state index in [-0.39, 0.29) is 5.56 Å². The van der Waals surface area contributed by atoms with Crippen molar-refractivity contribution >= 4 is 23.7 Å². The molecule has 5 heteroatoms. The zero-order chi connectivity index (χ0) is 15.5. The van der Waals surface area contributed by atoms with Crippen molar-refractivity contribution in [3.05, 3.63) is 59.0 Å². The molecular formula is C16H20N2O2S. The van der Waals surface area contributed by atoms with Crippen LogP contribution >= 0.6 is 11.8 Å². The van der Waals surface area contributed by atoms with E-state index in [4.69, 9.17) is 0 Å². The van der Waals surface area contributed by atoms with Gasteiger partial charge in [-0.05, 0) is 42.3 Å². The van der Waals surface area contributed by atoms with Gasteiger partial charge in [0.2, 0.25) is 0 Å². The van der Waals surface area contributed by atoms with Crippen LogP contribution in [0.5, 0.6) is 0 Å². The lowest BCUT2D eigenvalue weighted by Gasteiger charge is -2.05. The van der Waals surface area contributed by atoms with Gasteiger partial charge in [-0.3, -0.25) is 9.36 Å². The molecule has 0 unspecified atom stereocenters. The fourth-order valence-electron chi connectivity index (χ4n) is 1.60. The number of carbonyl (C=O) groups is 1. The molecule has 0 fully saturated rings. The molecule has 21 heavy (non-hydrogen) atoms. The van der Waals surface area contributed by atoms with Crippen LogP contribution in [0.2, 0.25) is 0 Å². The summed E-state index contributed by atoms with van der Waals surface area (Å²) in [5.41, 5.74) is 1.89. The number of benzene rings is 1. The number of thioether (sulfide) groups is 1. The molecule has 112 valence electrons. The van der Waals surface area contributed by atoms with Crippen molar-refractivity contribution in [1.82, 2.24) is 4.57 Å². The van der Waals surface area contributed by atoms with Gasteiger partial charge in [-0.15, -0.1) is 0 Å². The fourth-order valence-corrected chi connectivity index (χ4v) is 1.93. The third-order valence-corrected chi connectivity index (χ3v) is 3.34. The summed E-state index contributed by atoms with van der Waals surface area (Å²) in [6, 6.07) is 12.8. The van der Waals surface area contributed by atoms with Crippen molar-refractivity contribution in [2.75, 3.05) is 24.4 Å². The molecule has 0 saturated heterocycles. The maximum atomic E-state index is 11.5. The number of rotatable bonds is 5. The van der Waals surface area contributed by atoms with Crippen LogP contribution in [0, 0.1) is 0 Å². The Balaban J connectivity index is 0.000000315. The number of nitrogens with zero attached hydrogens (tertiary/aromatic N) is 1. The highest BCUT2D eigenvalue weighted by Gasteiger charge is 1.97. The van der Waals surface area contributed by atoms with E-state index in [0.29, 0.717) is 6.42 Å². The van der Waals surface area contributed by atoms with Gasteiger partial charge in [0, 0.05) is 37.1 Å². The van der Waals surface area contributed by atoms with Gasteiger partial charge in [0.15, 0.2) is 0 Å². The fraction of sp³-hybridized carbons (Fsp3) is 0.250. The summed E-state index contributed by atoms with van der Waals surface area (Å²) < 4.78 is 1.61. The molecule has 1 aromatic heterocycles. The Morgan fingerprint density at radius 2 is 1.90 bits per heavy atom. The van der Waals surface area contributed by atoms with Gasteiger partial charge < -0.3 is 10.1 Å². The molecule has 0 spiro atoms. The van der Waals surface area contributed by atoms with Gasteiger partial charge in [-0.2, -0.15) is 11.8 Å². The van der Waals surface area contributed by atoms with Crippen LogP contribution in [-0.2, 0) is 4.79 Å². The minimum absolute atomic E-state index is 0.0188. The van der Waals surface area contributed by atoms with Gasteiger partial charge in [-0.1, -0.05) is 6.07 Å². The molecule has 1 N–H and O–H groups in total. The van der Waals surface area contributed by atoms with Crippen LogP contribution in [0.25, 0.3) is 5.69 Å². The standard InChI is InChI=1S/C12H12N2O.C4H8OS/c1-13-10-5-7-11(8-6-10)14-9-3-2-4-12(14)15;1-6-4-2-3-5/h2-9,13H,1H3;3H,2,4H2,1H3. The van der Waals surface area contributed by atoms with Gasteiger partial charge in [0.1, 0.15) is 6.29 Å². The Morgan fingerprint density at radius 3 is 2.38 bits per heavy atom. The normalized spacial score (nSPS) is 9.43. The van der Waals surface area contributed by atoms with Crippen molar-refractivity contribution < 1.29 is 4.79 Å². The third kappa shape index (κ3) is 5.87. The zero-order valence-corrected chi connectivity index (χ0v) is 13.1. The SMILES string of the molecule is CNc1ccc(-n2ccccc2=O)cc1.CSCCC=O. The van der Waals surface area contributed by atoms with Crippen molar-refractivity contribution in [1.29, 1.82) is 0 Å². The first kappa shape index (κ1) is 17.0. The van der Waals surface area contributed by atoms with Gasteiger partial charge in [0.25, 0.3) is 5.56 Å². The first-order chi connectivity index (χ1) is 10.2. The molecule has 0 aliphatic heterocycles. The maximum Gasteiger partial charge on any atom is 0.255 e. The second-order valence-electron chi connectivity index (χ2n) is 4.15. The second-order valence-corrected chi connectivity index (χ2v) is 5.14. The van der Waals surface area contributed by atoms with E-state index in [1.807, 2.05) is 43.6 Å². The number of hydrogen-bond acceptors (Lipinski definition) is 4. The van der Waals surface area contributed by atoms with E-state index in [2.05, 4.69) is 5.32 Å². The lowest BCUT2D eigenvalue weighted by Crippen LogP contribution is -2.15. The second kappa shape index (κ2) is 9.83. The van der Waals surface area contributed by atoms with E-state index >= 15 is 0 Å². The number of aldehydes is 1. The molecule has 1 heterocycles. The van der Waals surface area contributed by atoms with Gasteiger partial charge in [-0.25, -0.2) is 0 Å². The van der Waals surface area contributed by atoms with E-state index in [1.165, 1.54) is 0 Å². The summed E-state index contributed by atoms with van der Waals surface area (Å²) in [5.74, 6) is 0.962. The zero-order valence-electron chi connectivity index (χ0n) is 12.3. The monoisotopic (exact) mass is 304 g/mol. The Morgan fingerprint density at radius 1 is 1.19 bits per heavy atom. The summed E-state index contributed by atoms with van der Waals surface area (Å²) in [4.78, 5) is 21.1. The van der Waals surface area contributed by atoms with Crippen LogP contribution in [0.1, 0.15) is 6.42 Å². The highest BCUT2D eigenvalue weighted by Crippen LogP contribution is 2.10. The van der Waals surface area contributed by atoms with Crippen molar-refractivity contribution in [2.45, 2.75) is 6.42 Å². The predicted molar refractivity (Wildman–Crippen MR) is 90.6 cm³/mol. The van der Waals surface area contributed by atoms with E-state index in [9.17, 15) is 9.59 Å². The summed E-state index contributed by atoms with van der Waals surface area (Å²) in [7, 11) is 1.86. The molecule has 0 aliphatic carbocycles. The molecule has 0 aliphatic rings. The molecule has 2 rings (SSSR count). The Hall–Kier alpha value is -2.01. The summed E-state index contributed by atoms with van der Waals surface area (Å²) in [5, 5.41) is 3.03. The van der Waals surface area contributed by atoms with Crippen LogP contribution < -0.4 is 10.9 Å². The molecule has 0 atom stereocenters. The topological polar surface area (TPSA) is 51.1 Å². The van der Waals surface area contributed by atoms with Gasteiger partial charge >= 0.3 is 0 Å². The number of aromatic nitrogens is 1. The minimum atomic E-state index is -0.0188. The number of anilines is 1.